The van der Waals surface area contributed by atoms with Gasteiger partial charge >= 0.3 is 0 Å². The molecule has 0 atom stereocenters. The minimum atomic E-state index is 0.209. The zero-order valence-corrected chi connectivity index (χ0v) is 10.5. The second-order valence-electron chi connectivity index (χ2n) is 3.35. The van der Waals surface area contributed by atoms with Crippen molar-refractivity contribution in [3.8, 4) is 6.07 Å². The van der Waals surface area contributed by atoms with Crippen molar-refractivity contribution in [1.29, 1.82) is 5.26 Å². The SMILES string of the molecule is N#CCNCC(Cc1ccc(Cl)c(Cl)c1)=NO. The molecule has 0 bridgehead atoms. The van der Waals surface area contributed by atoms with Crippen molar-refractivity contribution in [2.45, 2.75) is 6.42 Å². The molecular formula is C11H11Cl2N3O. The van der Waals surface area contributed by atoms with E-state index in [1.807, 2.05) is 12.1 Å². The first-order valence-corrected chi connectivity index (χ1v) is 5.64. The van der Waals surface area contributed by atoms with Crippen LogP contribution in [0.4, 0.5) is 0 Å². The van der Waals surface area contributed by atoms with Crippen LogP contribution in [0.25, 0.3) is 0 Å². The maximum atomic E-state index is 8.82. The number of oxime groups is 1. The quantitative estimate of drug-likeness (QED) is 0.284. The topological polar surface area (TPSA) is 68.4 Å². The lowest BCUT2D eigenvalue weighted by atomic mass is 10.1. The standard InChI is InChI=1S/C11H11Cl2N3O/c12-10-2-1-8(6-11(10)13)5-9(16-17)7-15-4-3-14/h1-2,6,15,17H,4-5,7H2. The predicted octanol–water partition coefficient (Wildman–Crippen LogP) is 2.48. The Morgan fingerprint density at radius 3 is 2.76 bits per heavy atom. The van der Waals surface area contributed by atoms with Crippen LogP contribution >= 0.6 is 23.2 Å². The van der Waals surface area contributed by atoms with Gasteiger partial charge in [0.1, 0.15) is 0 Å². The molecule has 0 fully saturated rings. The lowest BCUT2D eigenvalue weighted by Gasteiger charge is -2.05. The Morgan fingerprint density at radius 1 is 1.41 bits per heavy atom. The second kappa shape index (κ2) is 7.13. The molecule has 0 aliphatic rings. The van der Waals surface area contributed by atoms with Crippen LogP contribution in [0.2, 0.25) is 10.0 Å². The Labute approximate surface area is 109 Å². The van der Waals surface area contributed by atoms with Crippen LogP contribution < -0.4 is 5.32 Å². The van der Waals surface area contributed by atoms with E-state index in [1.54, 1.807) is 12.1 Å². The van der Waals surface area contributed by atoms with E-state index in [0.717, 1.165) is 5.56 Å². The molecule has 0 heterocycles. The van der Waals surface area contributed by atoms with E-state index in [1.165, 1.54) is 0 Å². The molecule has 0 radical (unpaired) electrons. The molecule has 1 aromatic carbocycles. The summed E-state index contributed by atoms with van der Waals surface area (Å²) in [5, 5.41) is 24.1. The highest BCUT2D eigenvalue weighted by atomic mass is 35.5. The summed E-state index contributed by atoms with van der Waals surface area (Å²) in [5.74, 6) is 0. The van der Waals surface area contributed by atoms with E-state index in [-0.39, 0.29) is 6.54 Å². The van der Waals surface area contributed by atoms with Crippen molar-refractivity contribution in [3.63, 3.8) is 0 Å². The van der Waals surface area contributed by atoms with Crippen LogP contribution in [0.5, 0.6) is 0 Å². The summed E-state index contributed by atoms with van der Waals surface area (Å²) in [6.07, 6.45) is 0.450. The van der Waals surface area contributed by atoms with Crippen molar-refractivity contribution >= 4 is 28.9 Å². The number of nitrogens with one attached hydrogen (secondary N) is 1. The van der Waals surface area contributed by atoms with Gasteiger partial charge in [-0.05, 0) is 17.7 Å². The first-order chi connectivity index (χ1) is 8.17. The van der Waals surface area contributed by atoms with Gasteiger partial charge in [0, 0.05) is 13.0 Å². The summed E-state index contributed by atoms with van der Waals surface area (Å²) in [6.45, 7) is 0.560. The van der Waals surface area contributed by atoms with Crippen molar-refractivity contribution in [2.24, 2.45) is 5.16 Å². The van der Waals surface area contributed by atoms with Gasteiger partial charge < -0.3 is 5.21 Å². The van der Waals surface area contributed by atoms with Gasteiger partial charge in [0.15, 0.2) is 0 Å². The van der Waals surface area contributed by atoms with Gasteiger partial charge in [-0.1, -0.05) is 34.4 Å². The first-order valence-electron chi connectivity index (χ1n) is 4.88. The number of benzene rings is 1. The number of rotatable bonds is 5. The number of nitrogens with zero attached hydrogens (tertiary/aromatic N) is 2. The van der Waals surface area contributed by atoms with E-state index >= 15 is 0 Å². The van der Waals surface area contributed by atoms with E-state index in [9.17, 15) is 0 Å². The number of hydrogen-bond acceptors (Lipinski definition) is 4. The average molecular weight is 272 g/mol. The number of nitriles is 1. The lowest BCUT2D eigenvalue weighted by molar-refractivity contribution is 0.317. The summed E-state index contributed by atoms with van der Waals surface area (Å²) in [5.41, 5.74) is 1.42. The molecule has 0 aliphatic carbocycles. The Bertz CT molecular complexity index is 455. The van der Waals surface area contributed by atoms with Crippen molar-refractivity contribution < 1.29 is 5.21 Å². The van der Waals surface area contributed by atoms with Crippen LogP contribution in [0.15, 0.2) is 23.4 Å². The third kappa shape index (κ3) is 4.61. The fraction of sp³-hybridized carbons (Fsp3) is 0.273. The molecule has 0 aliphatic heterocycles. The summed E-state index contributed by atoms with van der Waals surface area (Å²) in [4.78, 5) is 0. The zero-order valence-electron chi connectivity index (χ0n) is 8.95. The predicted molar refractivity (Wildman–Crippen MR) is 67.9 cm³/mol. The third-order valence-corrected chi connectivity index (χ3v) is 2.81. The maximum Gasteiger partial charge on any atom is 0.0844 e. The fourth-order valence-corrected chi connectivity index (χ4v) is 1.60. The minimum Gasteiger partial charge on any atom is -0.411 e. The normalized spacial score (nSPS) is 11.2. The van der Waals surface area contributed by atoms with E-state index in [0.29, 0.717) is 28.7 Å². The Morgan fingerprint density at radius 2 is 2.18 bits per heavy atom. The van der Waals surface area contributed by atoms with Crippen molar-refractivity contribution in [2.75, 3.05) is 13.1 Å². The van der Waals surface area contributed by atoms with Crippen LogP contribution in [0.1, 0.15) is 5.56 Å². The largest absolute Gasteiger partial charge is 0.411 e. The Kier molecular flexibility index (Phi) is 5.78. The first kappa shape index (κ1) is 13.8. The number of halogens is 2. The summed E-state index contributed by atoms with van der Waals surface area (Å²) in [7, 11) is 0. The highest BCUT2D eigenvalue weighted by Gasteiger charge is 2.04. The molecule has 0 aromatic heterocycles. The molecular weight excluding hydrogens is 261 g/mol. The van der Waals surface area contributed by atoms with Gasteiger partial charge in [-0.3, -0.25) is 5.32 Å². The maximum absolute atomic E-state index is 8.82. The summed E-state index contributed by atoms with van der Waals surface area (Å²) >= 11 is 11.7. The van der Waals surface area contributed by atoms with Gasteiger partial charge in [0.2, 0.25) is 0 Å². The van der Waals surface area contributed by atoms with E-state index < -0.39 is 0 Å². The molecule has 1 rings (SSSR count). The molecule has 17 heavy (non-hydrogen) atoms. The molecule has 0 saturated carbocycles. The molecule has 1 aromatic rings. The molecule has 0 unspecified atom stereocenters. The molecule has 0 saturated heterocycles. The molecule has 0 amide bonds. The molecule has 0 spiro atoms. The van der Waals surface area contributed by atoms with Crippen LogP contribution in [0, 0.1) is 11.3 Å². The van der Waals surface area contributed by atoms with Gasteiger partial charge in [0.25, 0.3) is 0 Å². The van der Waals surface area contributed by atoms with Crippen molar-refractivity contribution in [1.82, 2.24) is 5.32 Å². The van der Waals surface area contributed by atoms with Crippen LogP contribution in [0.3, 0.4) is 0 Å². The van der Waals surface area contributed by atoms with Crippen LogP contribution in [-0.4, -0.2) is 24.0 Å². The zero-order chi connectivity index (χ0) is 12.7. The van der Waals surface area contributed by atoms with Gasteiger partial charge in [-0.15, -0.1) is 0 Å². The van der Waals surface area contributed by atoms with Gasteiger partial charge in [-0.2, -0.15) is 5.26 Å². The smallest absolute Gasteiger partial charge is 0.0844 e. The van der Waals surface area contributed by atoms with E-state index in [2.05, 4.69) is 10.5 Å². The third-order valence-electron chi connectivity index (χ3n) is 2.07. The molecule has 4 nitrogen and oxygen atoms in total. The monoisotopic (exact) mass is 271 g/mol. The fourth-order valence-electron chi connectivity index (χ4n) is 1.28. The molecule has 90 valence electrons. The molecule has 6 heteroatoms. The summed E-state index contributed by atoms with van der Waals surface area (Å²) in [6, 6.07) is 7.16. The van der Waals surface area contributed by atoms with Gasteiger partial charge in [0.05, 0.1) is 28.4 Å². The summed E-state index contributed by atoms with van der Waals surface area (Å²) < 4.78 is 0. The lowest BCUT2D eigenvalue weighted by Crippen LogP contribution is -2.24. The molecule has 2 N–H and O–H groups in total. The highest BCUT2D eigenvalue weighted by molar-refractivity contribution is 6.42. The Hall–Kier alpha value is -1.28. The highest BCUT2D eigenvalue weighted by Crippen LogP contribution is 2.22. The minimum absolute atomic E-state index is 0.209. The van der Waals surface area contributed by atoms with Crippen LogP contribution in [-0.2, 0) is 6.42 Å². The second-order valence-corrected chi connectivity index (χ2v) is 4.17. The Balaban J connectivity index is 2.62. The van der Waals surface area contributed by atoms with E-state index in [4.69, 9.17) is 33.7 Å². The average Bonchev–Trinajstić information content (AvgIpc) is 2.32. The van der Waals surface area contributed by atoms with Crippen molar-refractivity contribution in [3.05, 3.63) is 33.8 Å². The number of hydrogen-bond donors (Lipinski definition) is 2. The van der Waals surface area contributed by atoms with Gasteiger partial charge in [-0.25, -0.2) is 0 Å².